The minimum atomic E-state index is -0.344. The highest BCUT2D eigenvalue weighted by Crippen LogP contribution is 2.26. The average molecular weight is 265 g/mol. The molecule has 4 nitrogen and oxygen atoms in total. The Labute approximate surface area is 112 Å². The molecule has 1 aromatic carbocycles. The van der Waals surface area contributed by atoms with Crippen molar-refractivity contribution in [1.29, 1.82) is 5.41 Å². The van der Waals surface area contributed by atoms with Gasteiger partial charge in [-0.15, -0.1) is 0 Å². The maximum Gasteiger partial charge on any atom is 0.128 e. The fourth-order valence-corrected chi connectivity index (χ4v) is 2.64. The maximum atomic E-state index is 14.0. The van der Waals surface area contributed by atoms with E-state index in [0.717, 1.165) is 13.0 Å². The first-order valence-corrected chi connectivity index (χ1v) is 6.50. The molecule has 2 atom stereocenters. The lowest BCUT2D eigenvalue weighted by molar-refractivity contribution is 0.133. The Morgan fingerprint density at radius 2 is 2.32 bits per heavy atom. The van der Waals surface area contributed by atoms with Crippen molar-refractivity contribution in [2.75, 3.05) is 13.2 Å². The van der Waals surface area contributed by atoms with Gasteiger partial charge in [-0.25, -0.2) is 4.39 Å². The van der Waals surface area contributed by atoms with Gasteiger partial charge < -0.3 is 10.8 Å². The summed E-state index contributed by atoms with van der Waals surface area (Å²) in [6.45, 7) is 3.57. The largest absolute Gasteiger partial charge is 0.395 e. The van der Waals surface area contributed by atoms with Crippen LogP contribution in [-0.2, 0) is 6.54 Å². The highest BCUT2D eigenvalue weighted by Gasteiger charge is 2.30. The number of amidine groups is 1. The molecule has 2 unspecified atom stereocenters. The first-order chi connectivity index (χ1) is 9.02. The van der Waals surface area contributed by atoms with E-state index in [1.807, 2.05) is 0 Å². The van der Waals surface area contributed by atoms with E-state index in [-0.39, 0.29) is 24.3 Å². The van der Waals surface area contributed by atoms with Crippen molar-refractivity contribution in [2.24, 2.45) is 11.7 Å². The van der Waals surface area contributed by atoms with Gasteiger partial charge in [0.25, 0.3) is 0 Å². The van der Waals surface area contributed by atoms with Gasteiger partial charge in [-0.05, 0) is 24.9 Å². The molecule has 1 aliphatic rings. The lowest BCUT2D eigenvalue weighted by Gasteiger charge is -2.25. The van der Waals surface area contributed by atoms with Gasteiger partial charge in [0, 0.05) is 23.7 Å². The van der Waals surface area contributed by atoms with Crippen molar-refractivity contribution in [3.8, 4) is 0 Å². The van der Waals surface area contributed by atoms with Gasteiger partial charge in [-0.3, -0.25) is 10.3 Å². The normalized spacial score (nSPS) is 23.7. The second-order valence-electron chi connectivity index (χ2n) is 5.21. The number of hydrogen-bond donors (Lipinski definition) is 3. The zero-order valence-corrected chi connectivity index (χ0v) is 11.1. The topological polar surface area (TPSA) is 73.3 Å². The van der Waals surface area contributed by atoms with Crippen molar-refractivity contribution in [2.45, 2.75) is 25.9 Å². The van der Waals surface area contributed by atoms with E-state index in [1.165, 1.54) is 6.07 Å². The second kappa shape index (κ2) is 5.67. The van der Waals surface area contributed by atoms with Crippen LogP contribution in [0.4, 0.5) is 4.39 Å². The summed E-state index contributed by atoms with van der Waals surface area (Å²) in [5.41, 5.74) is 6.31. The van der Waals surface area contributed by atoms with Crippen LogP contribution in [0.2, 0.25) is 0 Å². The summed E-state index contributed by atoms with van der Waals surface area (Å²) in [6.07, 6.45) is 1.03. The van der Waals surface area contributed by atoms with Crippen LogP contribution in [0.3, 0.4) is 0 Å². The predicted octanol–water partition coefficient (Wildman–Crippen LogP) is 1.31. The molecule has 0 aromatic heterocycles. The van der Waals surface area contributed by atoms with Crippen LogP contribution in [-0.4, -0.2) is 35.0 Å². The van der Waals surface area contributed by atoms with Crippen molar-refractivity contribution in [3.05, 3.63) is 35.1 Å². The fourth-order valence-electron chi connectivity index (χ4n) is 2.64. The van der Waals surface area contributed by atoms with Crippen LogP contribution >= 0.6 is 0 Å². The van der Waals surface area contributed by atoms with E-state index in [0.29, 0.717) is 23.6 Å². The summed E-state index contributed by atoms with van der Waals surface area (Å²) in [6, 6.07) is 4.73. The van der Waals surface area contributed by atoms with E-state index in [2.05, 4.69) is 11.8 Å². The van der Waals surface area contributed by atoms with Gasteiger partial charge in [0.15, 0.2) is 0 Å². The lowest BCUT2D eigenvalue weighted by atomic mass is 10.0. The Kier molecular flexibility index (Phi) is 4.17. The summed E-state index contributed by atoms with van der Waals surface area (Å²) in [4.78, 5) is 2.11. The molecule has 0 spiro atoms. The third-order valence-corrected chi connectivity index (χ3v) is 3.92. The van der Waals surface area contributed by atoms with E-state index in [9.17, 15) is 9.50 Å². The maximum absolute atomic E-state index is 14.0. The molecule has 2 rings (SSSR count). The molecule has 104 valence electrons. The summed E-state index contributed by atoms with van der Waals surface area (Å²) in [7, 11) is 0. The second-order valence-corrected chi connectivity index (χ2v) is 5.21. The SMILES string of the molecule is CC1CCN(Cc2ccc(C(=N)N)cc2F)C1CO. The van der Waals surface area contributed by atoms with Crippen LogP contribution in [0.25, 0.3) is 0 Å². The molecule has 1 aliphatic heterocycles. The Morgan fingerprint density at radius 3 is 2.89 bits per heavy atom. The van der Waals surface area contributed by atoms with Crippen LogP contribution < -0.4 is 5.73 Å². The van der Waals surface area contributed by atoms with E-state index < -0.39 is 0 Å². The highest BCUT2D eigenvalue weighted by molar-refractivity contribution is 5.94. The molecular weight excluding hydrogens is 245 g/mol. The van der Waals surface area contributed by atoms with Crippen LogP contribution in [0.1, 0.15) is 24.5 Å². The number of aliphatic hydroxyl groups excluding tert-OH is 1. The van der Waals surface area contributed by atoms with Crippen LogP contribution in [0.15, 0.2) is 18.2 Å². The van der Waals surface area contributed by atoms with Crippen molar-refractivity contribution in [3.63, 3.8) is 0 Å². The molecule has 1 saturated heterocycles. The molecule has 5 heteroatoms. The number of nitrogens with one attached hydrogen (secondary N) is 1. The number of nitrogens with two attached hydrogens (primary N) is 1. The average Bonchev–Trinajstić information content (AvgIpc) is 2.72. The number of rotatable bonds is 4. The number of likely N-dealkylation sites (tertiary alicyclic amines) is 1. The number of nitrogen functional groups attached to an aromatic ring is 1. The Hall–Kier alpha value is -1.46. The summed E-state index contributed by atoms with van der Waals surface area (Å²) >= 11 is 0. The van der Waals surface area contributed by atoms with Gasteiger partial charge in [0.05, 0.1) is 6.61 Å². The summed E-state index contributed by atoms with van der Waals surface area (Å²) < 4.78 is 14.0. The Morgan fingerprint density at radius 1 is 1.58 bits per heavy atom. The molecule has 19 heavy (non-hydrogen) atoms. The minimum absolute atomic E-state index is 0.104. The lowest BCUT2D eigenvalue weighted by Crippen LogP contribution is -2.34. The van der Waals surface area contributed by atoms with Crippen molar-refractivity contribution in [1.82, 2.24) is 4.90 Å². The van der Waals surface area contributed by atoms with E-state index in [1.54, 1.807) is 12.1 Å². The zero-order valence-electron chi connectivity index (χ0n) is 11.1. The summed E-state index contributed by atoms with van der Waals surface area (Å²) in [5.74, 6) is -0.0398. The number of benzene rings is 1. The quantitative estimate of drug-likeness (QED) is 0.567. The first kappa shape index (κ1) is 14.0. The fraction of sp³-hybridized carbons (Fsp3) is 0.500. The number of halogens is 1. The van der Waals surface area contributed by atoms with Crippen LogP contribution in [0, 0.1) is 17.1 Å². The standard InChI is InChI=1S/C14H20FN3O/c1-9-4-5-18(13(9)8-19)7-11-3-2-10(14(16)17)6-12(11)15/h2-3,6,9,13,19H,4-5,7-8H2,1H3,(H3,16,17). The van der Waals surface area contributed by atoms with Gasteiger partial charge >= 0.3 is 0 Å². The molecule has 0 saturated carbocycles. The molecule has 4 N–H and O–H groups in total. The minimum Gasteiger partial charge on any atom is -0.395 e. The number of hydrogen-bond acceptors (Lipinski definition) is 3. The zero-order chi connectivity index (χ0) is 14.0. The molecule has 1 fully saturated rings. The van der Waals surface area contributed by atoms with Gasteiger partial charge in [-0.2, -0.15) is 0 Å². The monoisotopic (exact) mass is 265 g/mol. The highest BCUT2D eigenvalue weighted by atomic mass is 19.1. The molecule has 1 heterocycles. The van der Waals surface area contributed by atoms with Gasteiger partial charge in [0.1, 0.15) is 11.7 Å². The molecule has 0 aliphatic carbocycles. The number of aliphatic hydroxyl groups is 1. The molecule has 0 radical (unpaired) electrons. The predicted molar refractivity (Wildman–Crippen MR) is 72.5 cm³/mol. The molecule has 1 aromatic rings. The number of nitrogens with zero attached hydrogens (tertiary/aromatic N) is 1. The van der Waals surface area contributed by atoms with Crippen molar-refractivity contribution < 1.29 is 9.50 Å². The molecule has 0 bridgehead atoms. The smallest absolute Gasteiger partial charge is 0.128 e. The van der Waals surface area contributed by atoms with Crippen molar-refractivity contribution >= 4 is 5.84 Å². The van der Waals surface area contributed by atoms with E-state index in [4.69, 9.17) is 11.1 Å². The third kappa shape index (κ3) is 2.93. The van der Waals surface area contributed by atoms with E-state index >= 15 is 0 Å². The van der Waals surface area contributed by atoms with Gasteiger partial charge in [-0.1, -0.05) is 19.1 Å². The first-order valence-electron chi connectivity index (χ1n) is 6.50. The Balaban J connectivity index is 2.13. The van der Waals surface area contributed by atoms with Crippen LogP contribution in [0.5, 0.6) is 0 Å². The molecule has 0 amide bonds. The summed E-state index contributed by atoms with van der Waals surface area (Å²) in [5, 5.41) is 16.7. The Bertz CT molecular complexity index is 478. The third-order valence-electron chi connectivity index (χ3n) is 3.92. The van der Waals surface area contributed by atoms with Gasteiger partial charge in [0.2, 0.25) is 0 Å². The molecular formula is C14H20FN3O.